The highest BCUT2D eigenvalue weighted by atomic mass is 19.1. The highest BCUT2D eigenvalue weighted by Crippen LogP contribution is 2.24. The second kappa shape index (κ2) is 5.60. The third kappa shape index (κ3) is 2.83. The van der Waals surface area contributed by atoms with E-state index in [4.69, 9.17) is 4.52 Å². The maximum Gasteiger partial charge on any atom is 0.230 e. The fourth-order valence-electron chi connectivity index (χ4n) is 2.49. The van der Waals surface area contributed by atoms with Gasteiger partial charge in [-0.1, -0.05) is 17.3 Å². The minimum Gasteiger partial charge on any atom is -0.356 e. The van der Waals surface area contributed by atoms with Gasteiger partial charge in [0.1, 0.15) is 11.5 Å². The van der Waals surface area contributed by atoms with Crippen molar-refractivity contribution >= 4 is 22.6 Å². The summed E-state index contributed by atoms with van der Waals surface area (Å²) >= 11 is 0. The lowest BCUT2D eigenvalue weighted by molar-refractivity contribution is -0.115. The molecule has 0 saturated heterocycles. The van der Waals surface area contributed by atoms with Gasteiger partial charge in [-0.05, 0) is 49.2 Å². The molecule has 0 unspecified atom stereocenters. The number of rotatable bonds is 3. The van der Waals surface area contributed by atoms with E-state index < -0.39 is 5.82 Å². The molecular weight excluding hydrogens is 283 g/mol. The molecule has 0 aliphatic heterocycles. The first-order valence-corrected chi connectivity index (χ1v) is 6.94. The van der Waals surface area contributed by atoms with Crippen LogP contribution in [-0.2, 0) is 11.2 Å². The summed E-state index contributed by atoms with van der Waals surface area (Å²) in [6.07, 6.45) is 0.0758. The highest BCUT2D eigenvalue weighted by Gasteiger charge is 2.14. The molecule has 22 heavy (non-hydrogen) atoms. The molecule has 3 aromatic rings. The number of carbonyl (C=O) groups excluding carboxylic acids is 1. The molecule has 112 valence electrons. The Morgan fingerprint density at radius 2 is 2.09 bits per heavy atom. The first kappa shape index (κ1) is 14.3. The number of hydrogen-bond acceptors (Lipinski definition) is 3. The highest BCUT2D eigenvalue weighted by molar-refractivity contribution is 5.95. The zero-order valence-corrected chi connectivity index (χ0v) is 12.3. The largest absolute Gasteiger partial charge is 0.356 e. The minimum absolute atomic E-state index is 0.0758. The number of nitrogens with zero attached hydrogens (tertiary/aromatic N) is 1. The third-order valence-corrected chi connectivity index (χ3v) is 3.41. The number of aryl methyl sites for hydroxylation is 2. The monoisotopic (exact) mass is 298 g/mol. The van der Waals surface area contributed by atoms with Crippen LogP contribution in [0.5, 0.6) is 0 Å². The van der Waals surface area contributed by atoms with Crippen LogP contribution in [0.2, 0.25) is 0 Å². The van der Waals surface area contributed by atoms with Gasteiger partial charge in [0.25, 0.3) is 0 Å². The molecule has 1 amide bonds. The summed E-state index contributed by atoms with van der Waals surface area (Å²) < 4.78 is 18.4. The van der Waals surface area contributed by atoms with Crippen LogP contribution in [0.15, 0.2) is 40.9 Å². The molecule has 5 heteroatoms. The Morgan fingerprint density at radius 3 is 2.86 bits per heavy atom. The van der Waals surface area contributed by atoms with Crippen molar-refractivity contribution in [3.63, 3.8) is 0 Å². The van der Waals surface area contributed by atoms with Crippen LogP contribution in [0, 0.1) is 19.7 Å². The predicted octanol–water partition coefficient (Wildman–Crippen LogP) is 3.76. The van der Waals surface area contributed by atoms with Crippen LogP contribution in [-0.4, -0.2) is 11.1 Å². The number of amides is 1. The molecule has 0 fully saturated rings. The third-order valence-electron chi connectivity index (χ3n) is 3.41. The van der Waals surface area contributed by atoms with Gasteiger partial charge >= 0.3 is 0 Å². The van der Waals surface area contributed by atoms with Crippen molar-refractivity contribution in [2.45, 2.75) is 20.3 Å². The van der Waals surface area contributed by atoms with Crippen LogP contribution in [0.4, 0.5) is 10.1 Å². The molecule has 1 aromatic heterocycles. The molecule has 0 radical (unpaired) electrons. The van der Waals surface area contributed by atoms with E-state index >= 15 is 0 Å². The minimum atomic E-state index is -0.393. The van der Waals surface area contributed by atoms with Crippen LogP contribution in [0.1, 0.15) is 16.8 Å². The van der Waals surface area contributed by atoms with Gasteiger partial charge in [-0.15, -0.1) is 0 Å². The summed E-state index contributed by atoms with van der Waals surface area (Å²) in [5, 5.41) is 7.48. The van der Waals surface area contributed by atoms with E-state index in [0.717, 1.165) is 16.5 Å². The van der Waals surface area contributed by atoms with E-state index in [2.05, 4.69) is 10.5 Å². The van der Waals surface area contributed by atoms with Crippen molar-refractivity contribution in [3.05, 3.63) is 59.0 Å². The Labute approximate surface area is 126 Å². The van der Waals surface area contributed by atoms with Gasteiger partial charge in [-0.3, -0.25) is 4.79 Å². The van der Waals surface area contributed by atoms with Crippen molar-refractivity contribution < 1.29 is 13.7 Å². The van der Waals surface area contributed by atoms with Gasteiger partial charge in [-0.25, -0.2) is 4.39 Å². The topological polar surface area (TPSA) is 55.1 Å². The maximum absolute atomic E-state index is 13.1. The van der Waals surface area contributed by atoms with Gasteiger partial charge in [0, 0.05) is 11.1 Å². The van der Waals surface area contributed by atoms with E-state index in [0.29, 0.717) is 17.0 Å². The Hall–Kier alpha value is -2.69. The maximum atomic E-state index is 13.1. The number of carbonyl (C=O) groups is 1. The van der Waals surface area contributed by atoms with E-state index in [1.807, 2.05) is 26.0 Å². The Bertz CT molecular complexity index is 855. The van der Waals surface area contributed by atoms with Crippen LogP contribution >= 0.6 is 0 Å². The Kier molecular flexibility index (Phi) is 3.63. The molecule has 0 spiro atoms. The van der Waals surface area contributed by atoms with Gasteiger partial charge in [0.15, 0.2) is 5.58 Å². The van der Waals surface area contributed by atoms with E-state index in [9.17, 15) is 9.18 Å². The Morgan fingerprint density at radius 1 is 1.27 bits per heavy atom. The second-order valence-corrected chi connectivity index (χ2v) is 5.32. The molecule has 0 bridgehead atoms. The van der Waals surface area contributed by atoms with Gasteiger partial charge < -0.3 is 9.84 Å². The molecule has 1 N–H and O–H groups in total. The van der Waals surface area contributed by atoms with E-state index in [1.165, 1.54) is 12.1 Å². The predicted molar refractivity (Wildman–Crippen MR) is 82.2 cm³/mol. The normalized spacial score (nSPS) is 10.9. The zero-order chi connectivity index (χ0) is 15.7. The quantitative estimate of drug-likeness (QED) is 0.801. The smallest absolute Gasteiger partial charge is 0.230 e. The van der Waals surface area contributed by atoms with Crippen molar-refractivity contribution in [2.75, 3.05) is 5.32 Å². The molecule has 0 aliphatic rings. The molecule has 1 heterocycles. The van der Waals surface area contributed by atoms with Crippen molar-refractivity contribution in [1.82, 2.24) is 5.16 Å². The number of fused-ring (bicyclic) bond motifs is 1. The number of anilines is 1. The van der Waals surface area contributed by atoms with Gasteiger partial charge in [-0.2, -0.15) is 0 Å². The van der Waals surface area contributed by atoms with E-state index in [-0.39, 0.29) is 12.3 Å². The fourth-order valence-corrected chi connectivity index (χ4v) is 2.49. The number of aromatic nitrogens is 1. The summed E-state index contributed by atoms with van der Waals surface area (Å²) in [6.45, 7) is 3.92. The summed E-state index contributed by atoms with van der Waals surface area (Å²) in [4.78, 5) is 12.1. The van der Waals surface area contributed by atoms with Crippen LogP contribution in [0.25, 0.3) is 11.0 Å². The molecular formula is C17H15FN2O2. The second-order valence-electron chi connectivity index (χ2n) is 5.32. The lowest BCUT2D eigenvalue weighted by Crippen LogP contribution is -2.14. The molecule has 4 nitrogen and oxygen atoms in total. The lowest BCUT2D eigenvalue weighted by Gasteiger charge is -2.04. The fraction of sp³-hybridized carbons (Fsp3) is 0.176. The first-order valence-electron chi connectivity index (χ1n) is 6.94. The first-order chi connectivity index (χ1) is 10.5. The standard InChI is InChI=1S/C17H15FN2O2/c1-10-6-11(2)17-14(7-10)15(20-22-17)9-16(21)19-13-5-3-4-12(18)8-13/h3-8H,9H2,1-2H3,(H,19,21). The van der Waals surface area contributed by atoms with Crippen molar-refractivity contribution in [1.29, 1.82) is 0 Å². The number of hydrogen-bond donors (Lipinski definition) is 1. The van der Waals surface area contributed by atoms with Crippen molar-refractivity contribution in [3.8, 4) is 0 Å². The molecule has 0 aliphatic carbocycles. The SMILES string of the molecule is Cc1cc(C)c2onc(CC(=O)Nc3cccc(F)c3)c2c1. The summed E-state index contributed by atoms with van der Waals surface area (Å²) in [5.74, 6) is -0.657. The molecule has 2 aromatic carbocycles. The summed E-state index contributed by atoms with van der Waals surface area (Å²) in [6, 6.07) is 9.73. The number of benzene rings is 2. The van der Waals surface area contributed by atoms with Gasteiger partial charge in [0.05, 0.1) is 6.42 Å². The lowest BCUT2D eigenvalue weighted by atomic mass is 10.1. The molecule has 0 atom stereocenters. The van der Waals surface area contributed by atoms with E-state index in [1.54, 1.807) is 12.1 Å². The molecule has 3 rings (SSSR count). The summed E-state index contributed by atoms with van der Waals surface area (Å²) in [5.41, 5.74) is 3.76. The number of halogens is 1. The Balaban J connectivity index is 1.82. The summed E-state index contributed by atoms with van der Waals surface area (Å²) in [7, 11) is 0. The van der Waals surface area contributed by atoms with Crippen LogP contribution in [0.3, 0.4) is 0 Å². The number of nitrogens with one attached hydrogen (secondary N) is 1. The average molecular weight is 298 g/mol. The van der Waals surface area contributed by atoms with Crippen LogP contribution < -0.4 is 5.32 Å². The van der Waals surface area contributed by atoms with Crippen molar-refractivity contribution in [2.24, 2.45) is 0 Å². The van der Waals surface area contributed by atoms with Gasteiger partial charge in [0.2, 0.25) is 5.91 Å². The average Bonchev–Trinajstić information content (AvgIpc) is 2.82. The molecule has 0 saturated carbocycles. The zero-order valence-electron chi connectivity index (χ0n) is 12.3.